The van der Waals surface area contributed by atoms with Crippen LogP contribution in [0.2, 0.25) is 0 Å². The van der Waals surface area contributed by atoms with Crippen LogP contribution >= 0.6 is 0 Å². The van der Waals surface area contributed by atoms with Crippen LogP contribution in [0, 0.1) is 5.92 Å². The molecule has 47 heavy (non-hydrogen) atoms. The van der Waals surface area contributed by atoms with E-state index >= 15 is 0 Å². The van der Waals surface area contributed by atoms with Crippen LogP contribution < -0.4 is 10.6 Å². The van der Waals surface area contributed by atoms with Crippen molar-refractivity contribution in [2.45, 2.75) is 245 Å². The van der Waals surface area contributed by atoms with Crippen molar-refractivity contribution in [3.8, 4) is 0 Å². The Labute approximate surface area is 294 Å². The summed E-state index contributed by atoms with van der Waals surface area (Å²) in [6.45, 7) is 9.37. The number of hydrogen-bond acceptors (Lipinski definition) is 3. The number of aliphatic hydroxyl groups excluding tert-OH is 1. The van der Waals surface area contributed by atoms with Crippen LogP contribution in [0.1, 0.15) is 233 Å². The molecule has 0 spiro atoms. The molecule has 0 aromatic heterocycles. The molecule has 0 aliphatic heterocycles. The molecule has 3 atom stereocenters. The van der Waals surface area contributed by atoms with Gasteiger partial charge in [-0.05, 0) is 31.6 Å². The number of rotatable bonds is 37. The van der Waals surface area contributed by atoms with Gasteiger partial charge in [-0.25, -0.2) is 0 Å². The molecule has 0 saturated carbocycles. The Morgan fingerprint density at radius 3 is 1.30 bits per heavy atom. The van der Waals surface area contributed by atoms with Gasteiger partial charge in [0.25, 0.3) is 0 Å². The topological polar surface area (TPSA) is 78.4 Å². The van der Waals surface area contributed by atoms with E-state index in [-0.39, 0.29) is 23.8 Å². The largest absolute Gasteiger partial charge is 0.393 e. The van der Waals surface area contributed by atoms with Crippen molar-refractivity contribution in [3.63, 3.8) is 0 Å². The summed E-state index contributed by atoms with van der Waals surface area (Å²) in [7, 11) is 0. The Kier molecular flexibility index (Phi) is 35.3. The third kappa shape index (κ3) is 31.9. The smallest absolute Gasteiger partial charge is 0.242 e. The fourth-order valence-electron chi connectivity index (χ4n) is 6.62. The zero-order valence-corrected chi connectivity index (χ0v) is 32.3. The second kappa shape index (κ2) is 36.2. The SMILES string of the molecule is CCCCCCCCCCCCCCCCCCNC(=O)[C@@H](NC(=O)CCCCCCCCCCC(O)CCCCCC)C(C)CC. The van der Waals surface area contributed by atoms with Crippen molar-refractivity contribution in [1.29, 1.82) is 0 Å². The molecule has 2 amide bonds. The lowest BCUT2D eigenvalue weighted by atomic mass is 9.97. The van der Waals surface area contributed by atoms with Gasteiger partial charge in [-0.15, -0.1) is 0 Å². The summed E-state index contributed by atoms with van der Waals surface area (Å²) < 4.78 is 0. The predicted molar refractivity (Wildman–Crippen MR) is 205 cm³/mol. The molecular weight excluding hydrogens is 580 g/mol. The number of aliphatic hydroxyl groups is 1. The molecule has 0 heterocycles. The number of carbonyl (C=O) groups excluding carboxylic acids is 2. The minimum absolute atomic E-state index is 0.0149. The third-order valence-electron chi connectivity index (χ3n) is 10.2. The molecule has 0 radical (unpaired) electrons. The van der Waals surface area contributed by atoms with Gasteiger partial charge in [0.2, 0.25) is 11.8 Å². The highest BCUT2D eigenvalue weighted by atomic mass is 16.3. The first-order valence-electron chi connectivity index (χ1n) is 21.2. The van der Waals surface area contributed by atoms with Gasteiger partial charge in [-0.1, -0.05) is 201 Å². The van der Waals surface area contributed by atoms with Crippen molar-refractivity contribution < 1.29 is 14.7 Å². The van der Waals surface area contributed by atoms with Crippen LogP contribution in [-0.2, 0) is 9.59 Å². The van der Waals surface area contributed by atoms with Crippen molar-refractivity contribution in [1.82, 2.24) is 10.6 Å². The minimum atomic E-state index is -0.427. The van der Waals surface area contributed by atoms with E-state index in [0.29, 0.717) is 13.0 Å². The van der Waals surface area contributed by atoms with Gasteiger partial charge in [-0.3, -0.25) is 9.59 Å². The molecule has 0 aromatic rings. The molecule has 280 valence electrons. The van der Waals surface area contributed by atoms with Gasteiger partial charge >= 0.3 is 0 Å². The maximum Gasteiger partial charge on any atom is 0.242 e. The van der Waals surface area contributed by atoms with Gasteiger partial charge in [0.1, 0.15) is 6.04 Å². The molecule has 2 unspecified atom stereocenters. The molecule has 5 nitrogen and oxygen atoms in total. The van der Waals surface area contributed by atoms with E-state index in [1.54, 1.807) is 0 Å². The number of carbonyl (C=O) groups is 2. The van der Waals surface area contributed by atoms with Crippen LogP contribution in [0.15, 0.2) is 0 Å². The quantitative estimate of drug-likeness (QED) is 0.0578. The van der Waals surface area contributed by atoms with Crippen LogP contribution in [0.25, 0.3) is 0 Å². The molecule has 0 aliphatic rings. The monoisotopic (exact) mass is 665 g/mol. The fraction of sp³-hybridized carbons (Fsp3) is 0.952. The maximum absolute atomic E-state index is 12.9. The summed E-state index contributed by atoms with van der Waals surface area (Å²) in [4.78, 5) is 25.6. The highest BCUT2D eigenvalue weighted by Gasteiger charge is 2.25. The third-order valence-corrected chi connectivity index (χ3v) is 10.2. The Balaban J connectivity index is 3.76. The summed E-state index contributed by atoms with van der Waals surface area (Å²) >= 11 is 0. The van der Waals surface area contributed by atoms with Crippen LogP contribution in [0.4, 0.5) is 0 Å². The summed E-state index contributed by atoms with van der Waals surface area (Å²) in [6, 6.07) is -0.427. The van der Waals surface area contributed by atoms with Gasteiger partial charge in [0, 0.05) is 13.0 Å². The average Bonchev–Trinajstić information content (AvgIpc) is 3.07. The van der Waals surface area contributed by atoms with Crippen molar-refractivity contribution >= 4 is 11.8 Å². The molecule has 5 heteroatoms. The lowest BCUT2D eigenvalue weighted by molar-refractivity contribution is -0.130. The lowest BCUT2D eigenvalue weighted by Gasteiger charge is -2.23. The van der Waals surface area contributed by atoms with Gasteiger partial charge < -0.3 is 15.7 Å². The van der Waals surface area contributed by atoms with Crippen molar-refractivity contribution in [2.75, 3.05) is 6.54 Å². The zero-order chi connectivity index (χ0) is 34.6. The molecule has 3 N–H and O–H groups in total. The van der Waals surface area contributed by atoms with E-state index in [4.69, 9.17) is 0 Å². The second-order valence-corrected chi connectivity index (χ2v) is 14.9. The average molecular weight is 665 g/mol. The van der Waals surface area contributed by atoms with Gasteiger partial charge in [0.05, 0.1) is 6.10 Å². The Bertz CT molecular complexity index is 670. The van der Waals surface area contributed by atoms with E-state index in [1.165, 1.54) is 148 Å². The number of unbranched alkanes of at least 4 members (excludes halogenated alkanes) is 25. The van der Waals surface area contributed by atoms with Crippen molar-refractivity contribution in [3.05, 3.63) is 0 Å². The highest BCUT2D eigenvalue weighted by molar-refractivity contribution is 5.87. The first-order valence-corrected chi connectivity index (χ1v) is 21.2. The summed E-state index contributed by atoms with van der Waals surface area (Å²) in [5.41, 5.74) is 0. The summed E-state index contributed by atoms with van der Waals surface area (Å²) in [6.07, 6.45) is 38.9. The number of hydrogen-bond donors (Lipinski definition) is 3. The van der Waals surface area contributed by atoms with E-state index in [2.05, 4.69) is 38.3 Å². The molecule has 0 aliphatic carbocycles. The molecule has 0 fully saturated rings. The normalized spacial score (nSPS) is 13.4. The Hall–Kier alpha value is -1.10. The molecular formula is C42H84N2O3. The van der Waals surface area contributed by atoms with Gasteiger partial charge in [0.15, 0.2) is 0 Å². The number of nitrogens with one attached hydrogen (secondary N) is 2. The van der Waals surface area contributed by atoms with E-state index in [9.17, 15) is 14.7 Å². The van der Waals surface area contributed by atoms with Crippen LogP contribution in [0.3, 0.4) is 0 Å². The predicted octanol–water partition coefficient (Wildman–Crippen LogP) is 12.1. The van der Waals surface area contributed by atoms with E-state index < -0.39 is 6.04 Å². The molecule has 0 aromatic carbocycles. The Morgan fingerprint density at radius 1 is 0.511 bits per heavy atom. The van der Waals surface area contributed by atoms with E-state index in [1.807, 2.05) is 0 Å². The lowest BCUT2D eigenvalue weighted by Crippen LogP contribution is -2.50. The first kappa shape index (κ1) is 45.9. The molecule has 0 saturated heterocycles. The van der Waals surface area contributed by atoms with Crippen LogP contribution in [0.5, 0.6) is 0 Å². The van der Waals surface area contributed by atoms with Crippen molar-refractivity contribution in [2.24, 2.45) is 5.92 Å². The standard InChI is InChI=1S/C42H84N2O3/c1-5-8-10-12-13-14-15-16-17-18-19-20-23-26-29-33-37-43-42(47)41(38(4)7-3)44-40(46)36-32-28-25-22-21-24-27-31-35-39(45)34-30-11-9-6-2/h38-39,41,45H,5-37H2,1-4H3,(H,43,47)(H,44,46)/t38?,39?,41-/m0/s1. The molecule has 0 bridgehead atoms. The Morgan fingerprint density at radius 2 is 0.872 bits per heavy atom. The van der Waals surface area contributed by atoms with Gasteiger partial charge in [-0.2, -0.15) is 0 Å². The minimum Gasteiger partial charge on any atom is -0.393 e. The summed E-state index contributed by atoms with van der Waals surface area (Å²) in [5.74, 6) is 0.130. The molecule has 0 rings (SSSR count). The fourth-order valence-corrected chi connectivity index (χ4v) is 6.62. The van der Waals surface area contributed by atoms with E-state index in [0.717, 1.165) is 51.4 Å². The highest BCUT2D eigenvalue weighted by Crippen LogP contribution is 2.16. The maximum atomic E-state index is 12.9. The first-order chi connectivity index (χ1) is 23.0. The number of amides is 2. The zero-order valence-electron chi connectivity index (χ0n) is 32.3. The van der Waals surface area contributed by atoms with Crippen LogP contribution in [-0.4, -0.2) is 35.6 Å². The second-order valence-electron chi connectivity index (χ2n) is 14.9. The summed E-state index contributed by atoms with van der Waals surface area (Å²) in [5, 5.41) is 16.3.